The molecule has 8 heteroatoms. The minimum Gasteiger partial charge on any atom is -0.367 e. The molecule has 0 saturated carbocycles. The van der Waals surface area contributed by atoms with E-state index in [1.807, 2.05) is 4.90 Å². The molecule has 0 aliphatic carbocycles. The van der Waals surface area contributed by atoms with Gasteiger partial charge in [0.1, 0.15) is 5.82 Å². The van der Waals surface area contributed by atoms with Crippen molar-refractivity contribution in [3.63, 3.8) is 0 Å². The second kappa shape index (κ2) is 6.88. The minimum absolute atomic E-state index is 0.0688. The molecule has 1 heterocycles. The smallest absolute Gasteiger partial charge is 0.243 e. The Labute approximate surface area is 150 Å². The first-order valence-corrected chi connectivity index (χ1v) is 9.53. The molecule has 0 radical (unpaired) electrons. The molecule has 2 aromatic carbocycles. The summed E-state index contributed by atoms with van der Waals surface area (Å²) in [7, 11) is -3.68. The van der Waals surface area contributed by atoms with Crippen molar-refractivity contribution in [2.75, 3.05) is 31.1 Å². The van der Waals surface area contributed by atoms with E-state index >= 15 is 0 Å². The van der Waals surface area contributed by atoms with Crippen LogP contribution in [0.3, 0.4) is 0 Å². The van der Waals surface area contributed by atoms with E-state index in [1.165, 1.54) is 28.6 Å². The van der Waals surface area contributed by atoms with Crippen LogP contribution in [0, 0.1) is 5.82 Å². The van der Waals surface area contributed by atoms with E-state index in [-0.39, 0.29) is 33.8 Å². The molecule has 4 nitrogen and oxygen atoms in total. The number of para-hydroxylation sites is 1. The molecule has 0 aromatic heterocycles. The number of hydrogen-bond acceptors (Lipinski definition) is 3. The molecule has 0 bridgehead atoms. The number of halogens is 3. The van der Waals surface area contributed by atoms with Gasteiger partial charge >= 0.3 is 0 Å². The second-order valence-electron chi connectivity index (χ2n) is 5.45. The van der Waals surface area contributed by atoms with Gasteiger partial charge in [0, 0.05) is 36.2 Å². The molecule has 0 atom stereocenters. The number of benzene rings is 2. The molecule has 0 spiro atoms. The fourth-order valence-electron chi connectivity index (χ4n) is 2.70. The van der Waals surface area contributed by atoms with E-state index in [9.17, 15) is 12.8 Å². The molecule has 128 valence electrons. The quantitative estimate of drug-likeness (QED) is 0.805. The van der Waals surface area contributed by atoms with Gasteiger partial charge in [-0.15, -0.1) is 0 Å². The summed E-state index contributed by atoms with van der Waals surface area (Å²) in [5.74, 6) is -0.310. The Kier molecular flexibility index (Phi) is 5.01. The molecule has 1 aliphatic heterocycles. The fraction of sp³-hybridized carbons (Fsp3) is 0.250. The summed E-state index contributed by atoms with van der Waals surface area (Å²) in [4.78, 5) is 1.91. The molecular weight excluding hydrogens is 374 g/mol. The van der Waals surface area contributed by atoms with Gasteiger partial charge < -0.3 is 4.90 Å². The summed E-state index contributed by atoms with van der Waals surface area (Å²) in [5.41, 5.74) is 0.486. The Hall–Kier alpha value is -1.34. The lowest BCUT2D eigenvalue weighted by Crippen LogP contribution is -2.48. The van der Waals surface area contributed by atoms with Crippen LogP contribution in [-0.2, 0) is 10.0 Å². The fourth-order valence-corrected chi connectivity index (χ4v) is 4.85. The number of rotatable bonds is 3. The Bertz CT molecular complexity index is 833. The maximum Gasteiger partial charge on any atom is 0.243 e. The van der Waals surface area contributed by atoms with Gasteiger partial charge in [0.2, 0.25) is 10.0 Å². The summed E-state index contributed by atoms with van der Waals surface area (Å²) < 4.78 is 40.7. The number of nitrogens with zero attached hydrogens (tertiary/aromatic N) is 2. The zero-order valence-electron chi connectivity index (χ0n) is 12.6. The number of anilines is 1. The Balaban J connectivity index is 1.77. The monoisotopic (exact) mass is 388 g/mol. The van der Waals surface area contributed by atoms with E-state index in [4.69, 9.17) is 23.2 Å². The predicted molar refractivity (Wildman–Crippen MR) is 93.8 cm³/mol. The van der Waals surface area contributed by atoms with Crippen LogP contribution in [0.15, 0.2) is 47.4 Å². The van der Waals surface area contributed by atoms with Crippen LogP contribution in [0.25, 0.3) is 0 Å². The zero-order chi connectivity index (χ0) is 17.3. The van der Waals surface area contributed by atoms with Crippen molar-refractivity contribution in [3.05, 3.63) is 58.3 Å². The topological polar surface area (TPSA) is 40.6 Å². The molecule has 2 aromatic rings. The molecule has 3 rings (SSSR count). The van der Waals surface area contributed by atoms with Gasteiger partial charge in [-0.3, -0.25) is 0 Å². The van der Waals surface area contributed by atoms with Crippen molar-refractivity contribution in [2.24, 2.45) is 0 Å². The van der Waals surface area contributed by atoms with Crippen LogP contribution in [0.1, 0.15) is 0 Å². The summed E-state index contributed by atoms with van der Waals surface area (Å²) >= 11 is 11.8. The Morgan fingerprint density at radius 2 is 1.50 bits per heavy atom. The third-order valence-corrected chi connectivity index (χ3v) is 6.22. The van der Waals surface area contributed by atoms with Gasteiger partial charge in [0.25, 0.3) is 0 Å². The molecule has 1 fully saturated rings. The van der Waals surface area contributed by atoms with E-state index in [0.717, 1.165) is 0 Å². The van der Waals surface area contributed by atoms with E-state index in [0.29, 0.717) is 18.8 Å². The summed E-state index contributed by atoms with van der Waals surface area (Å²) in [6.07, 6.45) is 0. The van der Waals surface area contributed by atoms with Gasteiger partial charge in [-0.2, -0.15) is 4.31 Å². The highest BCUT2D eigenvalue weighted by atomic mass is 35.5. The molecular formula is C16H15Cl2FN2O2S. The van der Waals surface area contributed by atoms with Gasteiger partial charge in [-0.25, -0.2) is 12.8 Å². The van der Waals surface area contributed by atoms with Gasteiger partial charge in [0.05, 0.1) is 10.6 Å². The van der Waals surface area contributed by atoms with Crippen LogP contribution in [0.2, 0.25) is 10.0 Å². The minimum atomic E-state index is -3.68. The third-order valence-electron chi connectivity index (χ3n) is 3.91. The molecule has 1 aliphatic rings. The van der Waals surface area contributed by atoms with E-state index in [1.54, 1.807) is 18.2 Å². The zero-order valence-corrected chi connectivity index (χ0v) is 15.0. The summed E-state index contributed by atoms with van der Waals surface area (Å²) in [6.45, 7) is 1.35. The lowest BCUT2D eigenvalue weighted by Gasteiger charge is -2.35. The normalized spacial score (nSPS) is 16.4. The van der Waals surface area contributed by atoms with Gasteiger partial charge in [0.15, 0.2) is 0 Å². The number of hydrogen-bond donors (Lipinski definition) is 0. The van der Waals surface area contributed by atoms with Crippen LogP contribution in [-0.4, -0.2) is 38.9 Å². The average Bonchev–Trinajstić information content (AvgIpc) is 2.54. The maximum absolute atomic E-state index is 13.9. The first kappa shape index (κ1) is 17.5. The Morgan fingerprint density at radius 3 is 2.08 bits per heavy atom. The van der Waals surface area contributed by atoms with Crippen molar-refractivity contribution in [1.82, 2.24) is 4.31 Å². The SMILES string of the molecule is O=S(=O)(c1cc(Cl)cc(Cl)c1)N1CCN(c2ccccc2F)CC1. The second-order valence-corrected chi connectivity index (χ2v) is 8.26. The predicted octanol–water partition coefficient (Wildman–Crippen LogP) is 3.64. The van der Waals surface area contributed by atoms with Crippen LogP contribution in [0.5, 0.6) is 0 Å². The molecule has 1 saturated heterocycles. The van der Waals surface area contributed by atoms with Gasteiger partial charge in [-0.05, 0) is 30.3 Å². The summed E-state index contributed by atoms with van der Waals surface area (Å²) in [5, 5.41) is 0.539. The van der Waals surface area contributed by atoms with Gasteiger partial charge in [-0.1, -0.05) is 35.3 Å². The third kappa shape index (κ3) is 3.52. The molecule has 0 amide bonds. The largest absolute Gasteiger partial charge is 0.367 e. The van der Waals surface area contributed by atoms with E-state index in [2.05, 4.69) is 0 Å². The lowest BCUT2D eigenvalue weighted by atomic mass is 10.2. The first-order chi connectivity index (χ1) is 11.4. The average molecular weight is 389 g/mol. The number of sulfonamides is 1. The van der Waals surface area contributed by atoms with Crippen molar-refractivity contribution < 1.29 is 12.8 Å². The number of piperazine rings is 1. The maximum atomic E-state index is 13.9. The molecule has 0 N–H and O–H groups in total. The Morgan fingerprint density at radius 1 is 0.917 bits per heavy atom. The lowest BCUT2D eigenvalue weighted by molar-refractivity contribution is 0.383. The van der Waals surface area contributed by atoms with Crippen LogP contribution < -0.4 is 4.90 Å². The highest BCUT2D eigenvalue weighted by Crippen LogP contribution is 2.27. The summed E-state index contributed by atoms with van der Waals surface area (Å²) in [6, 6.07) is 10.7. The van der Waals surface area contributed by atoms with Crippen LogP contribution in [0.4, 0.5) is 10.1 Å². The highest BCUT2D eigenvalue weighted by molar-refractivity contribution is 7.89. The molecule has 0 unspecified atom stereocenters. The standard InChI is InChI=1S/C16H15Cl2FN2O2S/c17-12-9-13(18)11-14(10-12)24(22,23)21-7-5-20(6-8-21)16-4-2-1-3-15(16)19/h1-4,9-11H,5-8H2. The van der Waals surface area contributed by atoms with Crippen LogP contribution >= 0.6 is 23.2 Å². The van der Waals surface area contributed by atoms with Crippen molar-refractivity contribution >= 4 is 38.9 Å². The first-order valence-electron chi connectivity index (χ1n) is 7.33. The highest BCUT2D eigenvalue weighted by Gasteiger charge is 2.29. The molecule has 24 heavy (non-hydrogen) atoms. The van der Waals surface area contributed by atoms with Crippen molar-refractivity contribution in [1.29, 1.82) is 0 Å². The van der Waals surface area contributed by atoms with Crippen molar-refractivity contribution in [3.8, 4) is 0 Å². The van der Waals surface area contributed by atoms with E-state index < -0.39 is 10.0 Å². The van der Waals surface area contributed by atoms with Crippen molar-refractivity contribution in [2.45, 2.75) is 4.90 Å².